The zero-order valence-electron chi connectivity index (χ0n) is 15.6. The minimum Gasteiger partial charge on any atom is -0.377 e. The SMILES string of the molecule is CN=C(NCc1ccc(Cl)cc1)NCC1CCCOC1C(C)(C)C.I. The van der Waals surface area contributed by atoms with Gasteiger partial charge in [-0.25, -0.2) is 0 Å². The summed E-state index contributed by atoms with van der Waals surface area (Å²) >= 11 is 5.92. The first-order valence-electron chi connectivity index (χ1n) is 8.70. The molecule has 0 amide bonds. The molecule has 2 N–H and O–H groups in total. The van der Waals surface area contributed by atoms with Gasteiger partial charge in [-0.3, -0.25) is 4.99 Å². The summed E-state index contributed by atoms with van der Waals surface area (Å²) in [6.45, 7) is 9.24. The average Bonchev–Trinajstić information content (AvgIpc) is 2.56. The number of guanidine groups is 1. The second-order valence-electron chi connectivity index (χ2n) is 7.49. The normalized spacial score (nSPS) is 21.4. The highest BCUT2D eigenvalue weighted by Crippen LogP contribution is 2.33. The van der Waals surface area contributed by atoms with Crippen molar-refractivity contribution in [3.63, 3.8) is 0 Å². The van der Waals surface area contributed by atoms with Crippen molar-refractivity contribution < 1.29 is 4.74 Å². The van der Waals surface area contributed by atoms with E-state index in [9.17, 15) is 0 Å². The molecular weight excluding hydrogens is 449 g/mol. The first-order chi connectivity index (χ1) is 11.4. The summed E-state index contributed by atoms with van der Waals surface area (Å²) in [7, 11) is 1.80. The second kappa shape index (κ2) is 10.6. The molecule has 2 unspecified atom stereocenters. The van der Waals surface area contributed by atoms with Crippen LogP contribution in [0.25, 0.3) is 0 Å². The van der Waals surface area contributed by atoms with E-state index in [-0.39, 0.29) is 35.5 Å². The minimum absolute atomic E-state index is 0. The van der Waals surface area contributed by atoms with E-state index in [1.54, 1.807) is 7.05 Å². The monoisotopic (exact) mass is 479 g/mol. The fourth-order valence-corrected chi connectivity index (χ4v) is 3.37. The Morgan fingerprint density at radius 3 is 2.52 bits per heavy atom. The molecular formula is C19H31ClIN3O. The minimum atomic E-state index is 0. The van der Waals surface area contributed by atoms with Gasteiger partial charge in [0.1, 0.15) is 0 Å². The van der Waals surface area contributed by atoms with Crippen molar-refractivity contribution in [2.45, 2.75) is 46.3 Å². The summed E-state index contributed by atoms with van der Waals surface area (Å²) in [5.41, 5.74) is 1.34. The largest absolute Gasteiger partial charge is 0.377 e. The molecule has 0 aromatic heterocycles. The first kappa shape index (κ1) is 22.5. The van der Waals surface area contributed by atoms with Crippen molar-refractivity contribution in [2.24, 2.45) is 16.3 Å². The van der Waals surface area contributed by atoms with Crippen LogP contribution in [0, 0.1) is 11.3 Å². The van der Waals surface area contributed by atoms with Gasteiger partial charge in [-0.15, -0.1) is 24.0 Å². The van der Waals surface area contributed by atoms with E-state index in [1.165, 1.54) is 12.0 Å². The molecule has 0 aliphatic carbocycles. The predicted octanol–water partition coefficient (Wildman–Crippen LogP) is 4.46. The van der Waals surface area contributed by atoms with Gasteiger partial charge in [-0.1, -0.05) is 44.5 Å². The zero-order valence-corrected chi connectivity index (χ0v) is 18.7. The summed E-state index contributed by atoms with van der Waals surface area (Å²) in [6, 6.07) is 7.85. The molecule has 0 saturated carbocycles. The van der Waals surface area contributed by atoms with E-state index in [0.29, 0.717) is 5.92 Å². The highest BCUT2D eigenvalue weighted by molar-refractivity contribution is 14.0. The van der Waals surface area contributed by atoms with Crippen molar-refractivity contribution in [1.82, 2.24) is 10.6 Å². The summed E-state index contributed by atoms with van der Waals surface area (Å²) in [5.74, 6) is 1.33. The maximum atomic E-state index is 6.05. The van der Waals surface area contributed by atoms with Gasteiger partial charge >= 0.3 is 0 Å². The number of rotatable bonds is 4. The van der Waals surface area contributed by atoms with E-state index < -0.39 is 0 Å². The Labute approximate surface area is 174 Å². The van der Waals surface area contributed by atoms with Crippen LogP contribution in [0.4, 0.5) is 0 Å². The highest BCUT2D eigenvalue weighted by Gasteiger charge is 2.35. The molecule has 1 fully saturated rings. The molecule has 1 heterocycles. The van der Waals surface area contributed by atoms with Crippen LogP contribution in [0.2, 0.25) is 5.02 Å². The van der Waals surface area contributed by atoms with E-state index in [0.717, 1.165) is 37.1 Å². The van der Waals surface area contributed by atoms with Crippen LogP contribution in [0.15, 0.2) is 29.3 Å². The molecule has 4 nitrogen and oxygen atoms in total. The third-order valence-corrected chi connectivity index (χ3v) is 4.68. The maximum absolute atomic E-state index is 6.05. The number of ether oxygens (including phenoxy) is 1. The Kier molecular flexibility index (Phi) is 9.52. The molecule has 1 aliphatic rings. The van der Waals surface area contributed by atoms with Crippen LogP contribution in [0.3, 0.4) is 0 Å². The third-order valence-electron chi connectivity index (χ3n) is 4.43. The number of halogens is 2. The van der Waals surface area contributed by atoms with Gasteiger partial charge in [0.15, 0.2) is 5.96 Å². The molecule has 1 aliphatic heterocycles. The van der Waals surface area contributed by atoms with Gasteiger partial charge in [0.05, 0.1) is 6.10 Å². The number of nitrogens with one attached hydrogen (secondary N) is 2. The van der Waals surface area contributed by atoms with Crippen LogP contribution in [-0.4, -0.2) is 32.3 Å². The van der Waals surface area contributed by atoms with Crippen LogP contribution in [-0.2, 0) is 11.3 Å². The molecule has 6 heteroatoms. The lowest BCUT2D eigenvalue weighted by Gasteiger charge is -2.40. The van der Waals surface area contributed by atoms with E-state index in [4.69, 9.17) is 16.3 Å². The summed E-state index contributed by atoms with van der Waals surface area (Å²) in [4.78, 5) is 4.32. The lowest BCUT2D eigenvalue weighted by molar-refractivity contribution is -0.0835. The van der Waals surface area contributed by atoms with Crippen LogP contribution in [0.1, 0.15) is 39.2 Å². The molecule has 0 spiro atoms. The van der Waals surface area contributed by atoms with Crippen molar-refractivity contribution in [3.8, 4) is 0 Å². The number of nitrogens with zero attached hydrogens (tertiary/aromatic N) is 1. The predicted molar refractivity (Wildman–Crippen MR) is 117 cm³/mol. The standard InChI is InChI=1S/C19H30ClN3O.HI/c1-19(2,3)17-15(6-5-11-24-17)13-23-18(21-4)22-12-14-7-9-16(20)10-8-14;/h7-10,15,17H,5-6,11-13H2,1-4H3,(H2,21,22,23);1H. The van der Waals surface area contributed by atoms with Crippen LogP contribution in [0.5, 0.6) is 0 Å². The lowest BCUT2D eigenvalue weighted by Crippen LogP contribution is -2.47. The fourth-order valence-electron chi connectivity index (χ4n) is 3.25. The summed E-state index contributed by atoms with van der Waals surface area (Å²) in [6.07, 6.45) is 2.62. The van der Waals surface area contributed by atoms with Gasteiger partial charge < -0.3 is 15.4 Å². The Morgan fingerprint density at radius 1 is 1.24 bits per heavy atom. The molecule has 1 saturated heterocycles. The zero-order chi connectivity index (χ0) is 17.6. The molecule has 2 atom stereocenters. The Morgan fingerprint density at radius 2 is 1.92 bits per heavy atom. The molecule has 25 heavy (non-hydrogen) atoms. The lowest BCUT2D eigenvalue weighted by atomic mass is 9.78. The Balaban J connectivity index is 0.00000312. The van der Waals surface area contributed by atoms with Crippen molar-refractivity contribution in [3.05, 3.63) is 34.9 Å². The number of aliphatic imine (C=N–C) groups is 1. The summed E-state index contributed by atoms with van der Waals surface area (Å²) in [5, 5.41) is 7.57. The van der Waals surface area contributed by atoms with Crippen molar-refractivity contribution in [2.75, 3.05) is 20.2 Å². The maximum Gasteiger partial charge on any atom is 0.191 e. The number of hydrogen-bond donors (Lipinski definition) is 2. The van der Waals surface area contributed by atoms with E-state index in [1.807, 2.05) is 24.3 Å². The van der Waals surface area contributed by atoms with Gasteiger partial charge in [-0.2, -0.15) is 0 Å². The van der Waals surface area contributed by atoms with Crippen LogP contribution < -0.4 is 10.6 Å². The van der Waals surface area contributed by atoms with E-state index in [2.05, 4.69) is 36.4 Å². The van der Waals surface area contributed by atoms with Crippen molar-refractivity contribution >= 4 is 41.5 Å². The Hall–Kier alpha value is -0.530. The highest BCUT2D eigenvalue weighted by atomic mass is 127. The number of hydrogen-bond acceptors (Lipinski definition) is 2. The van der Waals surface area contributed by atoms with Gasteiger partial charge in [-0.05, 0) is 36.0 Å². The topological polar surface area (TPSA) is 45.7 Å². The molecule has 142 valence electrons. The van der Waals surface area contributed by atoms with Gasteiger partial charge in [0.2, 0.25) is 0 Å². The molecule has 0 radical (unpaired) electrons. The Bertz CT molecular complexity index is 543. The second-order valence-corrected chi connectivity index (χ2v) is 7.93. The molecule has 0 bridgehead atoms. The third kappa shape index (κ3) is 7.31. The molecule has 1 aromatic rings. The fraction of sp³-hybridized carbons (Fsp3) is 0.632. The van der Waals surface area contributed by atoms with Gasteiger partial charge in [0.25, 0.3) is 0 Å². The smallest absolute Gasteiger partial charge is 0.191 e. The average molecular weight is 480 g/mol. The molecule has 1 aromatic carbocycles. The summed E-state index contributed by atoms with van der Waals surface area (Å²) < 4.78 is 6.05. The quantitative estimate of drug-likeness (QED) is 0.381. The first-order valence-corrected chi connectivity index (χ1v) is 9.08. The molecule has 2 rings (SSSR count). The van der Waals surface area contributed by atoms with E-state index >= 15 is 0 Å². The van der Waals surface area contributed by atoms with Crippen LogP contribution >= 0.6 is 35.6 Å². The van der Waals surface area contributed by atoms with Crippen molar-refractivity contribution in [1.29, 1.82) is 0 Å². The number of benzene rings is 1. The van der Waals surface area contributed by atoms with Gasteiger partial charge in [0, 0.05) is 37.7 Å².